The monoisotopic (exact) mass is 526 g/mol. The van der Waals surface area contributed by atoms with Crippen molar-refractivity contribution in [3.05, 3.63) is 94.5 Å². The van der Waals surface area contributed by atoms with Gasteiger partial charge >= 0.3 is 0 Å². The van der Waals surface area contributed by atoms with E-state index < -0.39 is 5.41 Å². The van der Waals surface area contributed by atoms with Gasteiger partial charge in [0.25, 0.3) is 0 Å². The summed E-state index contributed by atoms with van der Waals surface area (Å²) in [6.45, 7) is 0. The normalized spacial score (nSPS) is 18.5. The fraction of sp³-hybridized carbons (Fsp3) is 0.185. The number of hydrogen-bond acceptors (Lipinski definition) is 7. The number of nitrogens with zero attached hydrogens (tertiary/aromatic N) is 6. The molecule has 1 aromatic carbocycles. The molecule has 1 aliphatic carbocycles. The first-order chi connectivity index (χ1) is 18.4. The Hall–Kier alpha value is -4.44. The van der Waals surface area contributed by atoms with E-state index in [0.29, 0.717) is 44.7 Å². The van der Waals surface area contributed by atoms with E-state index in [1.54, 1.807) is 53.3 Å². The Bertz CT molecular complexity index is 1750. The number of benzene rings is 1. The van der Waals surface area contributed by atoms with Crippen molar-refractivity contribution in [1.29, 1.82) is 0 Å². The molecule has 9 nitrogen and oxygen atoms in total. The molecule has 0 radical (unpaired) electrons. The van der Waals surface area contributed by atoms with Gasteiger partial charge in [-0.25, -0.2) is 24.3 Å². The van der Waals surface area contributed by atoms with Crippen molar-refractivity contribution in [1.82, 2.24) is 29.3 Å². The summed E-state index contributed by atoms with van der Waals surface area (Å²) in [5, 5.41) is 3.41. The molecule has 1 saturated carbocycles. The fourth-order valence-corrected chi connectivity index (χ4v) is 5.52. The van der Waals surface area contributed by atoms with E-state index in [0.717, 1.165) is 12.8 Å². The average molecular weight is 527 g/mol. The number of nitrogen functional groups attached to an aromatic ring is 1. The summed E-state index contributed by atoms with van der Waals surface area (Å²) in [6.07, 6.45) is 8.62. The van der Waals surface area contributed by atoms with E-state index in [-0.39, 0.29) is 35.7 Å². The number of carbonyl (C=O) groups is 1. The summed E-state index contributed by atoms with van der Waals surface area (Å²) in [7, 11) is 0. The van der Waals surface area contributed by atoms with Crippen molar-refractivity contribution >= 4 is 34.8 Å². The van der Waals surface area contributed by atoms with Crippen molar-refractivity contribution in [2.45, 2.75) is 24.7 Å². The lowest BCUT2D eigenvalue weighted by Crippen LogP contribution is -2.39. The van der Waals surface area contributed by atoms with Crippen LogP contribution in [0.4, 0.5) is 16.0 Å². The summed E-state index contributed by atoms with van der Waals surface area (Å²) >= 11 is 6.07. The molecule has 4 aromatic heterocycles. The first-order valence-corrected chi connectivity index (χ1v) is 12.5. The second kappa shape index (κ2) is 8.29. The number of fused-ring (bicyclic) bond motifs is 2. The van der Waals surface area contributed by atoms with Crippen LogP contribution in [-0.4, -0.2) is 35.2 Å². The van der Waals surface area contributed by atoms with Gasteiger partial charge < -0.3 is 15.5 Å². The smallest absolute Gasteiger partial charge is 0.242 e. The molecule has 2 aliphatic rings. The third kappa shape index (κ3) is 3.37. The number of aromatic nitrogens is 6. The molecule has 5 heterocycles. The highest BCUT2D eigenvalue weighted by atomic mass is 35.5. The summed E-state index contributed by atoms with van der Waals surface area (Å²) in [6, 6.07) is 10.0. The minimum absolute atomic E-state index is 0.0296. The molecule has 1 fully saturated rings. The van der Waals surface area contributed by atoms with Gasteiger partial charge in [0, 0.05) is 31.2 Å². The molecule has 1 aliphatic heterocycles. The number of rotatable bonds is 5. The molecule has 0 spiro atoms. The number of hydrogen-bond donors (Lipinski definition) is 2. The van der Waals surface area contributed by atoms with Gasteiger partial charge in [0.15, 0.2) is 11.5 Å². The maximum Gasteiger partial charge on any atom is 0.242 e. The highest BCUT2D eigenvalue weighted by molar-refractivity contribution is 6.30. The standard InChI is InChI=1S/C27H20ClFN8O/c28-16-7-8-20(32-12-16)27(15-5-6-15)21-22(30)34-23(35-24(21)36-26(27)38)19-13-37-10-9-31-25(37)18(33-19)11-14-3-1-2-4-17(14)29/h1-4,7-10,12-13,15H,5-6,11H2,(H3,30,34,35,36,38). The maximum atomic E-state index is 14.4. The van der Waals surface area contributed by atoms with E-state index in [2.05, 4.69) is 20.3 Å². The van der Waals surface area contributed by atoms with Gasteiger partial charge in [0.1, 0.15) is 28.6 Å². The van der Waals surface area contributed by atoms with E-state index >= 15 is 0 Å². The largest absolute Gasteiger partial charge is 0.383 e. The molecule has 11 heteroatoms. The first kappa shape index (κ1) is 22.7. The van der Waals surface area contributed by atoms with Gasteiger partial charge in [-0.05, 0) is 42.5 Å². The van der Waals surface area contributed by atoms with Gasteiger partial charge in [-0.2, -0.15) is 0 Å². The van der Waals surface area contributed by atoms with Crippen LogP contribution in [0.25, 0.3) is 17.2 Å². The number of pyridine rings is 1. The highest BCUT2D eigenvalue weighted by Crippen LogP contribution is 2.57. The molecule has 0 saturated heterocycles. The van der Waals surface area contributed by atoms with Crippen molar-refractivity contribution in [2.24, 2.45) is 5.92 Å². The molecular formula is C27H20ClFN8O. The molecule has 1 unspecified atom stereocenters. The van der Waals surface area contributed by atoms with Crippen molar-refractivity contribution in [3.63, 3.8) is 0 Å². The Morgan fingerprint density at radius 2 is 1.97 bits per heavy atom. The molecule has 7 rings (SSSR count). The molecule has 3 N–H and O–H groups in total. The lowest BCUT2D eigenvalue weighted by molar-refractivity contribution is -0.120. The molecule has 38 heavy (non-hydrogen) atoms. The summed E-state index contributed by atoms with van der Waals surface area (Å²) < 4.78 is 16.2. The number of amides is 1. The Labute approximate surface area is 221 Å². The van der Waals surface area contributed by atoms with Crippen LogP contribution in [0, 0.1) is 11.7 Å². The highest BCUT2D eigenvalue weighted by Gasteiger charge is 2.60. The predicted octanol–water partition coefficient (Wildman–Crippen LogP) is 4.20. The minimum atomic E-state index is -1.08. The van der Waals surface area contributed by atoms with E-state index in [9.17, 15) is 9.18 Å². The zero-order valence-electron chi connectivity index (χ0n) is 19.9. The molecule has 0 bridgehead atoms. The average Bonchev–Trinajstić information content (AvgIpc) is 3.56. The van der Waals surface area contributed by atoms with Crippen LogP contribution < -0.4 is 11.1 Å². The Balaban J connectivity index is 1.37. The summed E-state index contributed by atoms with van der Waals surface area (Å²) in [5.41, 5.74) is 8.63. The zero-order chi connectivity index (χ0) is 26.0. The van der Waals surface area contributed by atoms with E-state index in [1.807, 2.05) is 0 Å². The van der Waals surface area contributed by atoms with Crippen LogP contribution >= 0.6 is 11.6 Å². The van der Waals surface area contributed by atoms with Crippen LogP contribution in [0.2, 0.25) is 5.02 Å². The lowest BCUT2D eigenvalue weighted by Gasteiger charge is -2.27. The second-order valence-electron chi connectivity index (χ2n) is 9.55. The van der Waals surface area contributed by atoms with Gasteiger partial charge in [-0.3, -0.25) is 9.78 Å². The Kier molecular flexibility index (Phi) is 4.96. The minimum Gasteiger partial charge on any atom is -0.383 e. The Morgan fingerprint density at radius 1 is 1.13 bits per heavy atom. The van der Waals surface area contributed by atoms with Crippen LogP contribution in [0.1, 0.15) is 35.4 Å². The quantitative estimate of drug-likeness (QED) is 0.352. The number of imidazole rings is 1. The van der Waals surface area contributed by atoms with Crippen molar-refractivity contribution in [3.8, 4) is 11.5 Å². The number of nitrogens with two attached hydrogens (primary N) is 1. The zero-order valence-corrected chi connectivity index (χ0v) is 20.7. The van der Waals surface area contributed by atoms with Crippen LogP contribution in [0.5, 0.6) is 0 Å². The predicted molar refractivity (Wildman–Crippen MR) is 139 cm³/mol. The van der Waals surface area contributed by atoms with Gasteiger partial charge in [0.05, 0.1) is 22.0 Å². The molecular weight excluding hydrogens is 507 g/mol. The van der Waals surface area contributed by atoms with Gasteiger partial charge in [-0.15, -0.1) is 0 Å². The lowest BCUT2D eigenvalue weighted by atomic mass is 9.74. The number of carbonyl (C=O) groups excluding carboxylic acids is 1. The van der Waals surface area contributed by atoms with Crippen molar-refractivity contribution < 1.29 is 9.18 Å². The maximum absolute atomic E-state index is 14.4. The van der Waals surface area contributed by atoms with Gasteiger partial charge in [-0.1, -0.05) is 29.8 Å². The molecule has 188 valence electrons. The molecule has 1 amide bonds. The van der Waals surface area contributed by atoms with Crippen LogP contribution in [0.3, 0.4) is 0 Å². The number of halogens is 2. The van der Waals surface area contributed by atoms with Crippen LogP contribution in [0.15, 0.2) is 61.2 Å². The molecule has 1 atom stereocenters. The SMILES string of the molecule is Nc1nc(-c2cn3ccnc3c(Cc3ccccc3F)n2)nc2c1C(c1ccc(Cl)cn1)(C1CC1)C(=O)N2. The van der Waals surface area contributed by atoms with E-state index in [1.165, 1.54) is 12.3 Å². The first-order valence-electron chi connectivity index (χ1n) is 12.1. The van der Waals surface area contributed by atoms with Crippen molar-refractivity contribution in [2.75, 3.05) is 11.1 Å². The van der Waals surface area contributed by atoms with Crippen LogP contribution in [-0.2, 0) is 16.6 Å². The summed E-state index contributed by atoms with van der Waals surface area (Å²) in [5.74, 6) is 0.225. The summed E-state index contributed by atoms with van der Waals surface area (Å²) in [4.78, 5) is 36.5. The third-order valence-corrected chi connectivity index (χ3v) is 7.45. The number of nitrogens with one attached hydrogen (secondary N) is 1. The topological polar surface area (TPSA) is 124 Å². The van der Waals surface area contributed by atoms with Gasteiger partial charge in [0.2, 0.25) is 5.91 Å². The third-order valence-electron chi connectivity index (χ3n) is 7.23. The molecule has 5 aromatic rings. The fourth-order valence-electron chi connectivity index (χ4n) is 5.41. The second-order valence-corrected chi connectivity index (χ2v) is 9.99. The Morgan fingerprint density at radius 3 is 2.74 bits per heavy atom. The number of anilines is 2. The van der Waals surface area contributed by atoms with E-state index in [4.69, 9.17) is 27.3 Å².